The first kappa shape index (κ1) is 20.2. The van der Waals surface area contributed by atoms with E-state index in [0.717, 1.165) is 28.2 Å². The van der Waals surface area contributed by atoms with Gasteiger partial charge in [-0.25, -0.2) is 9.37 Å². The zero-order valence-electron chi connectivity index (χ0n) is 16.6. The molecule has 1 amide bonds. The van der Waals surface area contributed by atoms with Gasteiger partial charge in [0.05, 0.1) is 11.0 Å². The highest BCUT2D eigenvalue weighted by atomic mass is 32.2. The minimum absolute atomic E-state index is 0.0884. The van der Waals surface area contributed by atoms with Crippen LogP contribution in [0.3, 0.4) is 0 Å². The fraction of sp³-hybridized carbons (Fsp3) is 0.167. The molecule has 6 heteroatoms. The van der Waals surface area contributed by atoms with Gasteiger partial charge in [0.25, 0.3) is 5.91 Å². The number of carbonyl (C=O) groups is 1. The van der Waals surface area contributed by atoms with E-state index in [9.17, 15) is 9.18 Å². The van der Waals surface area contributed by atoms with Crippen molar-refractivity contribution < 1.29 is 9.18 Å². The van der Waals surface area contributed by atoms with Gasteiger partial charge in [-0.1, -0.05) is 54.2 Å². The number of hydrogen-bond donors (Lipinski definition) is 1. The van der Waals surface area contributed by atoms with Gasteiger partial charge in [-0.15, -0.1) is 0 Å². The second-order valence-electron chi connectivity index (χ2n) is 7.06. The molecule has 0 spiro atoms. The van der Waals surface area contributed by atoms with Crippen molar-refractivity contribution in [3.63, 3.8) is 0 Å². The Balaban J connectivity index is 1.42. The summed E-state index contributed by atoms with van der Waals surface area (Å²) >= 11 is 1.59. The van der Waals surface area contributed by atoms with Crippen molar-refractivity contribution in [3.8, 4) is 0 Å². The Morgan fingerprint density at radius 1 is 1.03 bits per heavy atom. The molecule has 1 heterocycles. The van der Waals surface area contributed by atoms with Gasteiger partial charge >= 0.3 is 0 Å². The summed E-state index contributed by atoms with van der Waals surface area (Å²) < 4.78 is 15.1. The third-order valence-electron chi connectivity index (χ3n) is 4.93. The fourth-order valence-electron chi connectivity index (χ4n) is 3.23. The molecule has 0 aliphatic rings. The lowest BCUT2D eigenvalue weighted by atomic mass is 10.1. The molecule has 0 atom stereocenters. The van der Waals surface area contributed by atoms with E-state index in [2.05, 4.69) is 22.4 Å². The van der Waals surface area contributed by atoms with Crippen LogP contribution in [0.1, 0.15) is 21.5 Å². The van der Waals surface area contributed by atoms with Crippen molar-refractivity contribution in [1.29, 1.82) is 0 Å². The van der Waals surface area contributed by atoms with Crippen LogP contribution >= 0.6 is 11.8 Å². The molecule has 152 valence electrons. The maximum atomic E-state index is 13.1. The van der Waals surface area contributed by atoms with E-state index in [4.69, 9.17) is 0 Å². The minimum atomic E-state index is -0.235. The van der Waals surface area contributed by atoms with Crippen molar-refractivity contribution in [2.45, 2.75) is 17.3 Å². The molecule has 0 radical (unpaired) electrons. The summed E-state index contributed by atoms with van der Waals surface area (Å²) in [6.45, 7) is 0.588. The van der Waals surface area contributed by atoms with Crippen LogP contribution in [0.5, 0.6) is 0 Å². The normalized spacial score (nSPS) is 11.0. The summed E-state index contributed by atoms with van der Waals surface area (Å²) in [5.41, 5.74) is 4.61. The Kier molecular flexibility index (Phi) is 6.14. The number of rotatable bonds is 7. The number of carbonyl (C=O) groups excluding carboxylic acids is 1. The van der Waals surface area contributed by atoms with Gasteiger partial charge < -0.3 is 9.88 Å². The van der Waals surface area contributed by atoms with Gasteiger partial charge in [-0.2, -0.15) is 0 Å². The van der Waals surface area contributed by atoms with Crippen LogP contribution < -0.4 is 5.32 Å². The van der Waals surface area contributed by atoms with E-state index < -0.39 is 0 Å². The molecule has 0 fully saturated rings. The lowest BCUT2D eigenvalue weighted by Gasteiger charge is -2.06. The summed E-state index contributed by atoms with van der Waals surface area (Å²) in [7, 11) is 1.94. The highest BCUT2D eigenvalue weighted by Gasteiger charge is 2.12. The smallest absolute Gasteiger partial charge is 0.251 e. The Hall–Kier alpha value is -3.12. The van der Waals surface area contributed by atoms with Crippen molar-refractivity contribution in [2.75, 3.05) is 6.54 Å². The van der Waals surface area contributed by atoms with E-state index in [1.807, 2.05) is 48.0 Å². The van der Waals surface area contributed by atoms with E-state index in [-0.39, 0.29) is 11.7 Å². The van der Waals surface area contributed by atoms with E-state index in [1.54, 1.807) is 23.9 Å². The average Bonchev–Trinajstić information content (AvgIpc) is 3.09. The maximum Gasteiger partial charge on any atom is 0.251 e. The van der Waals surface area contributed by atoms with Gasteiger partial charge in [0.2, 0.25) is 0 Å². The molecule has 3 aromatic carbocycles. The molecule has 0 aliphatic heterocycles. The predicted molar refractivity (Wildman–Crippen MR) is 119 cm³/mol. The number of fused-ring (bicyclic) bond motifs is 1. The van der Waals surface area contributed by atoms with Crippen molar-refractivity contribution in [1.82, 2.24) is 14.9 Å². The number of nitrogens with zero attached hydrogens (tertiary/aromatic N) is 2. The molecule has 0 aliphatic carbocycles. The molecule has 0 bridgehead atoms. The molecule has 1 N–H and O–H groups in total. The summed E-state index contributed by atoms with van der Waals surface area (Å²) in [5, 5.41) is 3.84. The molecule has 1 aromatic heterocycles. The van der Waals surface area contributed by atoms with Crippen molar-refractivity contribution >= 4 is 28.7 Å². The van der Waals surface area contributed by atoms with Gasteiger partial charge in [-0.05, 0) is 47.9 Å². The molecule has 0 saturated carbocycles. The van der Waals surface area contributed by atoms with Crippen molar-refractivity contribution in [2.24, 2.45) is 7.05 Å². The van der Waals surface area contributed by atoms with Crippen LogP contribution in [0.4, 0.5) is 4.39 Å². The zero-order chi connectivity index (χ0) is 20.9. The third-order valence-corrected chi connectivity index (χ3v) is 6.03. The lowest BCUT2D eigenvalue weighted by molar-refractivity contribution is 0.0954. The number of halogens is 1. The van der Waals surface area contributed by atoms with Crippen LogP contribution in [0.15, 0.2) is 78.0 Å². The summed E-state index contributed by atoms with van der Waals surface area (Å²) in [5.74, 6) is 0.375. The first-order valence-corrected chi connectivity index (χ1v) is 10.7. The van der Waals surface area contributed by atoms with Crippen LogP contribution in [-0.4, -0.2) is 22.0 Å². The fourth-order valence-corrected chi connectivity index (χ4v) is 4.18. The number of amides is 1. The largest absolute Gasteiger partial charge is 0.352 e. The number of aromatic nitrogens is 2. The van der Waals surface area contributed by atoms with Gasteiger partial charge in [0, 0.05) is 24.9 Å². The second kappa shape index (κ2) is 9.13. The van der Waals surface area contributed by atoms with Crippen LogP contribution in [0.2, 0.25) is 0 Å². The first-order valence-electron chi connectivity index (χ1n) is 9.76. The van der Waals surface area contributed by atoms with Gasteiger partial charge in [-0.3, -0.25) is 4.79 Å². The first-order chi connectivity index (χ1) is 14.6. The van der Waals surface area contributed by atoms with E-state index in [0.29, 0.717) is 17.9 Å². The molecule has 30 heavy (non-hydrogen) atoms. The SMILES string of the molecule is Cn1c(SCc2ccc(F)cc2)nc2ccc(C(=O)NCCc3ccccc3)cc21. The average molecular weight is 420 g/mol. The van der Waals surface area contributed by atoms with Gasteiger partial charge in [0.1, 0.15) is 5.82 Å². The van der Waals surface area contributed by atoms with E-state index in [1.165, 1.54) is 17.7 Å². The number of hydrogen-bond acceptors (Lipinski definition) is 3. The molecular weight excluding hydrogens is 397 g/mol. The highest BCUT2D eigenvalue weighted by Crippen LogP contribution is 2.26. The minimum Gasteiger partial charge on any atom is -0.352 e. The van der Waals surface area contributed by atoms with Crippen LogP contribution in [-0.2, 0) is 19.2 Å². The summed E-state index contributed by atoms with van der Waals surface area (Å²) in [6.07, 6.45) is 0.796. The quantitative estimate of drug-likeness (QED) is 0.430. The standard InChI is InChI=1S/C24H22FN3OS/c1-28-22-15-19(23(29)26-14-13-17-5-3-2-4-6-17)9-12-21(22)27-24(28)30-16-18-7-10-20(25)11-8-18/h2-12,15H,13-14,16H2,1H3,(H,26,29). The number of imidazole rings is 1. The molecular formula is C24H22FN3OS. The topological polar surface area (TPSA) is 46.9 Å². The Bertz CT molecular complexity index is 1160. The zero-order valence-corrected chi connectivity index (χ0v) is 17.5. The van der Waals surface area contributed by atoms with Crippen LogP contribution in [0.25, 0.3) is 11.0 Å². The monoisotopic (exact) mass is 419 g/mol. The highest BCUT2D eigenvalue weighted by molar-refractivity contribution is 7.98. The van der Waals surface area contributed by atoms with E-state index >= 15 is 0 Å². The second-order valence-corrected chi connectivity index (χ2v) is 8.01. The Labute approximate surface area is 179 Å². The predicted octanol–water partition coefficient (Wildman–Crippen LogP) is 4.98. The molecule has 0 unspecified atom stereocenters. The number of benzene rings is 3. The van der Waals surface area contributed by atoms with Crippen LogP contribution in [0, 0.1) is 5.82 Å². The summed E-state index contributed by atoms with van der Waals surface area (Å²) in [4.78, 5) is 17.2. The number of nitrogens with one attached hydrogen (secondary N) is 1. The summed E-state index contributed by atoms with van der Waals surface area (Å²) in [6, 6.07) is 22.1. The molecule has 4 nitrogen and oxygen atoms in total. The number of aryl methyl sites for hydroxylation is 1. The maximum absolute atomic E-state index is 13.1. The van der Waals surface area contributed by atoms with Crippen molar-refractivity contribution in [3.05, 3.63) is 95.3 Å². The molecule has 0 saturated heterocycles. The molecule has 4 rings (SSSR count). The lowest BCUT2D eigenvalue weighted by Crippen LogP contribution is -2.25. The van der Waals surface area contributed by atoms with Gasteiger partial charge in [0.15, 0.2) is 5.16 Å². The number of thioether (sulfide) groups is 1. The Morgan fingerprint density at radius 3 is 2.57 bits per heavy atom. The Morgan fingerprint density at radius 2 is 1.80 bits per heavy atom. The molecule has 4 aromatic rings. The third kappa shape index (κ3) is 4.71.